The van der Waals surface area contributed by atoms with Crippen LogP contribution < -0.4 is 15.0 Å². The Labute approximate surface area is 260 Å². The molecule has 0 radical (unpaired) electrons. The average molecular weight is 734 g/mol. The minimum Gasteiger partial charge on any atom is -0.465 e. The van der Waals surface area contributed by atoms with E-state index in [9.17, 15) is 53.9 Å². The highest BCUT2D eigenvalue weighted by atomic mass is 79.9. The molecule has 3 rings (SSSR count). The second-order valence-electron chi connectivity index (χ2n) is 8.89. The summed E-state index contributed by atoms with van der Waals surface area (Å²) in [5.74, 6) is -6.56. The predicted molar refractivity (Wildman–Crippen MR) is 143 cm³/mol. The summed E-state index contributed by atoms with van der Waals surface area (Å²) in [6.45, 7) is -3.44. The summed E-state index contributed by atoms with van der Waals surface area (Å²) >= 11 is 2.51. The summed E-state index contributed by atoms with van der Waals surface area (Å²) in [6, 6.07) is 5.00. The molecule has 46 heavy (non-hydrogen) atoms. The number of nitrogens with one attached hydrogen (secondary N) is 1. The number of nitrogens with zero attached hydrogens (tertiary/aromatic N) is 2. The lowest BCUT2D eigenvalue weighted by atomic mass is 9.93. The van der Waals surface area contributed by atoms with E-state index in [2.05, 4.69) is 25.7 Å². The number of amides is 2. The zero-order chi connectivity index (χ0) is 34.6. The third-order valence-corrected chi connectivity index (χ3v) is 6.57. The number of alkyl halides is 9. The fourth-order valence-corrected chi connectivity index (χ4v) is 4.45. The lowest BCUT2D eigenvalue weighted by Crippen LogP contribution is -2.50. The molecular weight excluding hydrogens is 716 g/mol. The number of aromatic nitrogens is 1. The second kappa shape index (κ2) is 13.9. The molecule has 0 spiro atoms. The summed E-state index contributed by atoms with van der Waals surface area (Å²) in [4.78, 5) is 42.9. The maximum Gasteiger partial charge on any atom is 0.435 e. The SMILES string of the molecule is CCOC(=O)CN(C(=O)c1cccnc1)c1cccc(C(=O)Nc2c(Br)cc(C(F)(C(F)(F)F)C(F)(F)F)cc2OC(F)F)c1F. The number of carbonyl (C=O) groups is 3. The molecule has 8 nitrogen and oxygen atoms in total. The zero-order valence-corrected chi connectivity index (χ0v) is 24.4. The first-order valence-corrected chi connectivity index (χ1v) is 13.2. The van der Waals surface area contributed by atoms with Crippen molar-refractivity contribution < 1.29 is 67.8 Å². The Bertz CT molecular complexity index is 1590. The molecule has 0 aliphatic carbocycles. The third-order valence-electron chi connectivity index (χ3n) is 5.95. The predicted octanol–water partition coefficient (Wildman–Crippen LogP) is 7.34. The van der Waals surface area contributed by atoms with Gasteiger partial charge in [-0.2, -0.15) is 35.1 Å². The van der Waals surface area contributed by atoms with Crippen LogP contribution in [-0.4, -0.2) is 54.9 Å². The molecule has 0 atom stereocenters. The van der Waals surface area contributed by atoms with Crippen molar-refractivity contribution >= 4 is 45.1 Å². The molecule has 0 aliphatic rings. The number of hydrogen-bond acceptors (Lipinski definition) is 6. The molecular formula is C27H18BrF10N3O5. The van der Waals surface area contributed by atoms with Gasteiger partial charge in [0.1, 0.15) is 6.54 Å². The maximum absolute atomic E-state index is 15.8. The fourth-order valence-electron chi connectivity index (χ4n) is 3.91. The Balaban J connectivity index is 2.11. The summed E-state index contributed by atoms with van der Waals surface area (Å²) < 4.78 is 144. The van der Waals surface area contributed by atoms with Crippen LogP contribution in [0.2, 0.25) is 0 Å². The Morgan fingerprint density at radius 3 is 2.20 bits per heavy atom. The van der Waals surface area contributed by atoms with Gasteiger partial charge in [0.25, 0.3) is 11.8 Å². The second-order valence-corrected chi connectivity index (χ2v) is 9.75. The van der Waals surface area contributed by atoms with Gasteiger partial charge in [0.15, 0.2) is 11.6 Å². The number of rotatable bonds is 10. The highest BCUT2D eigenvalue weighted by Gasteiger charge is 2.73. The van der Waals surface area contributed by atoms with Gasteiger partial charge in [-0.05, 0) is 59.3 Å². The Hall–Kier alpha value is -4.42. The van der Waals surface area contributed by atoms with E-state index in [0.717, 1.165) is 24.4 Å². The maximum atomic E-state index is 15.8. The molecule has 0 bridgehead atoms. The van der Waals surface area contributed by atoms with Crippen LogP contribution in [0.1, 0.15) is 33.2 Å². The van der Waals surface area contributed by atoms with E-state index in [-0.39, 0.29) is 24.3 Å². The Morgan fingerprint density at radius 2 is 1.65 bits per heavy atom. The van der Waals surface area contributed by atoms with E-state index in [4.69, 9.17) is 4.74 Å². The van der Waals surface area contributed by atoms with Gasteiger partial charge in [0, 0.05) is 22.4 Å². The molecule has 1 N–H and O–H groups in total. The summed E-state index contributed by atoms with van der Waals surface area (Å²) in [7, 11) is 0. The monoisotopic (exact) mass is 733 g/mol. The number of benzene rings is 2. The minimum atomic E-state index is -6.62. The van der Waals surface area contributed by atoms with Crippen molar-refractivity contribution in [3.05, 3.63) is 81.8 Å². The van der Waals surface area contributed by atoms with Crippen molar-refractivity contribution in [3.63, 3.8) is 0 Å². The number of esters is 1. The molecule has 3 aromatic rings. The lowest BCUT2D eigenvalue weighted by molar-refractivity contribution is -0.348. The smallest absolute Gasteiger partial charge is 0.435 e. The van der Waals surface area contributed by atoms with Gasteiger partial charge in [0.05, 0.1) is 29.1 Å². The topological polar surface area (TPSA) is 97.8 Å². The molecule has 2 amide bonds. The third kappa shape index (κ3) is 7.51. The van der Waals surface area contributed by atoms with Crippen LogP contribution >= 0.6 is 15.9 Å². The number of halogens is 11. The van der Waals surface area contributed by atoms with Crippen LogP contribution in [0.3, 0.4) is 0 Å². The van der Waals surface area contributed by atoms with Crippen molar-refractivity contribution in [2.75, 3.05) is 23.4 Å². The Morgan fingerprint density at radius 1 is 1.00 bits per heavy atom. The largest absolute Gasteiger partial charge is 0.465 e. The molecule has 2 aromatic carbocycles. The van der Waals surface area contributed by atoms with Crippen molar-refractivity contribution in [2.45, 2.75) is 31.6 Å². The van der Waals surface area contributed by atoms with E-state index in [1.54, 1.807) is 0 Å². The normalized spacial score (nSPS) is 12.1. The van der Waals surface area contributed by atoms with Gasteiger partial charge in [-0.1, -0.05) is 6.07 Å². The van der Waals surface area contributed by atoms with E-state index in [1.807, 2.05) is 5.32 Å². The number of pyridine rings is 1. The van der Waals surface area contributed by atoms with Crippen LogP contribution in [0.5, 0.6) is 5.75 Å². The standard InChI is InChI=1S/C27H18BrF10N3O5/c1-2-45-19(42)12-41(23(44)13-5-4-8-39-11-13)17-7-3-6-15(20(17)29)22(43)40-21-16(28)9-14(10-18(21)46-24(30)31)25(32,26(33,34)35)27(36,37)38/h3-11,24H,2,12H2,1H3,(H,40,43). The zero-order valence-electron chi connectivity index (χ0n) is 22.8. The summed E-state index contributed by atoms with van der Waals surface area (Å²) in [6.07, 6.45) is -10.8. The first kappa shape index (κ1) is 36.1. The first-order chi connectivity index (χ1) is 21.3. The van der Waals surface area contributed by atoms with Crippen molar-refractivity contribution in [3.8, 4) is 5.75 Å². The number of carbonyl (C=O) groups excluding carboxylic acids is 3. The number of hydrogen-bond donors (Lipinski definition) is 1. The van der Waals surface area contributed by atoms with Crippen LogP contribution in [0, 0.1) is 5.82 Å². The van der Waals surface area contributed by atoms with Crippen LogP contribution in [-0.2, 0) is 15.2 Å². The van der Waals surface area contributed by atoms with Crippen molar-refractivity contribution in [2.24, 2.45) is 0 Å². The molecule has 0 saturated carbocycles. The molecule has 1 aromatic heterocycles. The molecule has 0 fully saturated rings. The quantitative estimate of drug-likeness (QED) is 0.173. The van der Waals surface area contributed by atoms with Gasteiger partial charge < -0.3 is 14.8 Å². The molecule has 1 heterocycles. The molecule has 0 saturated heterocycles. The fraction of sp³-hybridized carbons (Fsp3) is 0.259. The van der Waals surface area contributed by atoms with E-state index < -0.39 is 87.5 Å². The van der Waals surface area contributed by atoms with Gasteiger partial charge in [-0.15, -0.1) is 0 Å². The van der Waals surface area contributed by atoms with Crippen LogP contribution in [0.25, 0.3) is 0 Å². The number of anilines is 2. The summed E-state index contributed by atoms with van der Waals surface area (Å²) in [5.41, 5.74) is -11.1. The lowest BCUT2D eigenvalue weighted by Gasteiger charge is -2.31. The molecule has 0 aliphatic heterocycles. The van der Waals surface area contributed by atoms with Gasteiger partial charge in [0.2, 0.25) is 0 Å². The Kier molecular flexibility index (Phi) is 10.9. The van der Waals surface area contributed by atoms with E-state index in [0.29, 0.717) is 4.90 Å². The summed E-state index contributed by atoms with van der Waals surface area (Å²) in [5, 5.41) is 1.81. The van der Waals surface area contributed by atoms with Crippen LogP contribution in [0.15, 0.2) is 59.3 Å². The van der Waals surface area contributed by atoms with Crippen molar-refractivity contribution in [1.29, 1.82) is 0 Å². The van der Waals surface area contributed by atoms with Gasteiger partial charge in [-0.3, -0.25) is 24.3 Å². The van der Waals surface area contributed by atoms with E-state index >= 15 is 4.39 Å². The average Bonchev–Trinajstić information content (AvgIpc) is 2.96. The minimum absolute atomic E-state index is 0.0880. The molecule has 0 unspecified atom stereocenters. The van der Waals surface area contributed by atoms with Crippen molar-refractivity contribution in [1.82, 2.24) is 4.98 Å². The number of ether oxygens (including phenoxy) is 2. The molecule has 19 heteroatoms. The van der Waals surface area contributed by atoms with Crippen LogP contribution in [0.4, 0.5) is 55.3 Å². The highest BCUT2D eigenvalue weighted by Crippen LogP contribution is 2.55. The first-order valence-electron chi connectivity index (χ1n) is 12.4. The highest BCUT2D eigenvalue weighted by molar-refractivity contribution is 9.10. The van der Waals surface area contributed by atoms with Gasteiger partial charge in [-0.25, -0.2) is 8.78 Å². The van der Waals surface area contributed by atoms with E-state index in [1.165, 1.54) is 25.3 Å². The van der Waals surface area contributed by atoms with Gasteiger partial charge >= 0.3 is 30.6 Å². The molecule has 248 valence electrons.